The molecule has 29 heavy (non-hydrogen) atoms. The summed E-state index contributed by atoms with van der Waals surface area (Å²) in [5, 5.41) is 7.44. The SMILES string of the molecule is COC(=O)COc1cccc(NC(=O)c2c(C)nn(Cc3ccccc3)c2Cl)c1. The molecule has 0 saturated heterocycles. The van der Waals surface area contributed by atoms with E-state index in [1.165, 1.54) is 7.11 Å². The summed E-state index contributed by atoms with van der Waals surface area (Å²) >= 11 is 6.44. The third kappa shape index (κ3) is 5.14. The van der Waals surface area contributed by atoms with Gasteiger partial charge in [0.25, 0.3) is 5.91 Å². The first-order valence-corrected chi connectivity index (χ1v) is 9.23. The summed E-state index contributed by atoms with van der Waals surface area (Å²) in [4.78, 5) is 24.0. The summed E-state index contributed by atoms with van der Waals surface area (Å²) in [6, 6.07) is 16.4. The van der Waals surface area contributed by atoms with Gasteiger partial charge < -0.3 is 14.8 Å². The van der Waals surface area contributed by atoms with Crippen LogP contribution < -0.4 is 10.1 Å². The van der Waals surface area contributed by atoms with Crippen LogP contribution in [0.3, 0.4) is 0 Å². The van der Waals surface area contributed by atoms with Gasteiger partial charge in [-0.15, -0.1) is 0 Å². The number of amides is 1. The molecule has 0 atom stereocenters. The molecule has 1 aromatic heterocycles. The Hall–Kier alpha value is -3.32. The van der Waals surface area contributed by atoms with Crippen molar-refractivity contribution in [3.63, 3.8) is 0 Å². The highest BCUT2D eigenvalue weighted by molar-refractivity contribution is 6.33. The van der Waals surface area contributed by atoms with Gasteiger partial charge in [-0.25, -0.2) is 9.48 Å². The number of anilines is 1. The molecule has 2 aromatic carbocycles. The first-order chi connectivity index (χ1) is 14.0. The predicted molar refractivity (Wildman–Crippen MR) is 109 cm³/mol. The van der Waals surface area contributed by atoms with E-state index in [9.17, 15) is 9.59 Å². The monoisotopic (exact) mass is 413 g/mol. The summed E-state index contributed by atoms with van der Waals surface area (Å²) in [6.45, 7) is 1.98. The Morgan fingerprint density at radius 3 is 2.62 bits per heavy atom. The number of nitrogens with one attached hydrogen (secondary N) is 1. The second kappa shape index (κ2) is 9.25. The molecule has 1 heterocycles. The first-order valence-electron chi connectivity index (χ1n) is 8.86. The normalized spacial score (nSPS) is 10.4. The number of aromatic nitrogens is 2. The van der Waals surface area contributed by atoms with E-state index in [0.29, 0.717) is 29.2 Å². The number of rotatable bonds is 7. The summed E-state index contributed by atoms with van der Waals surface area (Å²) < 4.78 is 11.5. The lowest BCUT2D eigenvalue weighted by molar-refractivity contribution is -0.142. The maximum Gasteiger partial charge on any atom is 0.343 e. The lowest BCUT2D eigenvalue weighted by atomic mass is 10.2. The van der Waals surface area contributed by atoms with Crippen LogP contribution in [-0.2, 0) is 16.1 Å². The van der Waals surface area contributed by atoms with Crippen molar-refractivity contribution in [2.24, 2.45) is 0 Å². The Balaban J connectivity index is 1.73. The third-order valence-corrected chi connectivity index (χ3v) is 4.53. The van der Waals surface area contributed by atoms with Crippen molar-refractivity contribution in [1.29, 1.82) is 0 Å². The molecular weight excluding hydrogens is 394 g/mol. The van der Waals surface area contributed by atoms with E-state index >= 15 is 0 Å². The number of methoxy groups -OCH3 is 1. The lowest BCUT2D eigenvalue weighted by Gasteiger charge is -2.09. The van der Waals surface area contributed by atoms with Gasteiger partial charge in [-0.1, -0.05) is 48.0 Å². The fraction of sp³-hybridized carbons (Fsp3) is 0.190. The van der Waals surface area contributed by atoms with Gasteiger partial charge in [0.15, 0.2) is 6.61 Å². The minimum Gasteiger partial charge on any atom is -0.482 e. The Morgan fingerprint density at radius 2 is 1.90 bits per heavy atom. The molecule has 0 aliphatic rings. The van der Waals surface area contributed by atoms with Crippen molar-refractivity contribution in [1.82, 2.24) is 9.78 Å². The van der Waals surface area contributed by atoms with Gasteiger partial charge >= 0.3 is 5.97 Å². The van der Waals surface area contributed by atoms with E-state index in [1.807, 2.05) is 30.3 Å². The number of esters is 1. The predicted octanol–water partition coefficient (Wildman–Crippen LogP) is 3.70. The van der Waals surface area contributed by atoms with Crippen LogP contribution in [-0.4, -0.2) is 35.4 Å². The molecule has 7 nitrogen and oxygen atoms in total. The Morgan fingerprint density at radius 1 is 1.14 bits per heavy atom. The molecule has 3 aromatic rings. The Kier molecular flexibility index (Phi) is 6.51. The van der Waals surface area contributed by atoms with Crippen molar-refractivity contribution in [3.05, 3.63) is 76.6 Å². The number of hydrogen-bond acceptors (Lipinski definition) is 5. The van der Waals surface area contributed by atoms with E-state index in [1.54, 1.807) is 35.9 Å². The maximum atomic E-state index is 12.8. The fourth-order valence-electron chi connectivity index (χ4n) is 2.73. The summed E-state index contributed by atoms with van der Waals surface area (Å²) in [6.07, 6.45) is 0. The van der Waals surface area contributed by atoms with Crippen LogP contribution in [0.5, 0.6) is 5.75 Å². The average molecular weight is 414 g/mol. The second-order valence-electron chi connectivity index (χ2n) is 6.24. The third-order valence-electron chi connectivity index (χ3n) is 4.14. The van der Waals surface area contributed by atoms with Crippen LogP contribution in [0.15, 0.2) is 54.6 Å². The van der Waals surface area contributed by atoms with Crippen LogP contribution in [0.2, 0.25) is 5.15 Å². The molecule has 0 bridgehead atoms. The lowest BCUT2D eigenvalue weighted by Crippen LogP contribution is -2.14. The molecule has 0 spiro atoms. The number of nitrogens with zero attached hydrogens (tertiary/aromatic N) is 2. The van der Waals surface area contributed by atoms with Crippen molar-refractivity contribution in [2.75, 3.05) is 19.0 Å². The number of ether oxygens (including phenoxy) is 2. The van der Waals surface area contributed by atoms with E-state index < -0.39 is 5.97 Å². The van der Waals surface area contributed by atoms with Gasteiger partial charge in [0.1, 0.15) is 10.9 Å². The van der Waals surface area contributed by atoms with Crippen molar-refractivity contribution in [2.45, 2.75) is 13.5 Å². The van der Waals surface area contributed by atoms with Crippen LogP contribution in [0.25, 0.3) is 0 Å². The average Bonchev–Trinajstić information content (AvgIpc) is 3.00. The number of carbonyl (C=O) groups excluding carboxylic acids is 2. The topological polar surface area (TPSA) is 82.4 Å². The Bertz CT molecular complexity index is 1020. The van der Waals surface area contributed by atoms with Crippen molar-refractivity contribution < 1.29 is 19.1 Å². The second-order valence-corrected chi connectivity index (χ2v) is 6.60. The molecule has 1 N–H and O–H groups in total. The Labute approximate surface area is 173 Å². The highest BCUT2D eigenvalue weighted by atomic mass is 35.5. The fourth-order valence-corrected chi connectivity index (χ4v) is 3.05. The van der Waals surface area contributed by atoms with Gasteiger partial charge in [0.05, 0.1) is 24.9 Å². The van der Waals surface area contributed by atoms with E-state index in [-0.39, 0.29) is 17.7 Å². The summed E-state index contributed by atoms with van der Waals surface area (Å²) in [5.41, 5.74) is 2.37. The van der Waals surface area contributed by atoms with Gasteiger partial charge in [-0.05, 0) is 24.6 Å². The van der Waals surface area contributed by atoms with Crippen molar-refractivity contribution >= 4 is 29.2 Å². The summed E-state index contributed by atoms with van der Waals surface area (Å²) in [7, 11) is 1.28. The zero-order chi connectivity index (χ0) is 20.8. The molecule has 1 amide bonds. The van der Waals surface area contributed by atoms with E-state index in [2.05, 4.69) is 15.2 Å². The minimum atomic E-state index is -0.493. The highest BCUT2D eigenvalue weighted by Gasteiger charge is 2.20. The first kappa shape index (κ1) is 20.4. The number of aryl methyl sites for hydroxylation is 1. The maximum absolute atomic E-state index is 12.8. The molecule has 3 rings (SSSR count). The zero-order valence-corrected chi connectivity index (χ0v) is 16.8. The van der Waals surface area contributed by atoms with Gasteiger partial charge in [-0.3, -0.25) is 4.79 Å². The van der Waals surface area contributed by atoms with Gasteiger partial charge in [-0.2, -0.15) is 5.10 Å². The van der Waals surface area contributed by atoms with E-state index in [0.717, 1.165) is 5.56 Å². The van der Waals surface area contributed by atoms with Crippen molar-refractivity contribution in [3.8, 4) is 5.75 Å². The number of benzene rings is 2. The minimum absolute atomic E-state index is 0.217. The zero-order valence-electron chi connectivity index (χ0n) is 16.0. The summed E-state index contributed by atoms with van der Waals surface area (Å²) in [5.74, 6) is -0.444. The quantitative estimate of drug-likeness (QED) is 0.597. The molecule has 150 valence electrons. The smallest absolute Gasteiger partial charge is 0.343 e. The molecule has 0 fully saturated rings. The molecule has 0 aliphatic carbocycles. The molecule has 0 radical (unpaired) electrons. The van der Waals surface area contributed by atoms with Crippen LogP contribution in [0, 0.1) is 6.92 Å². The van der Waals surface area contributed by atoms with Gasteiger partial charge in [0.2, 0.25) is 0 Å². The number of hydrogen-bond donors (Lipinski definition) is 1. The van der Waals surface area contributed by atoms with E-state index in [4.69, 9.17) is 16.3 Å². The van der Waals surface area contributed by atoms with Crippen LogP contribution in [0.4, 0.5) is 5.69 Å². The molecule has 0 unspecified atom stereocenters. The van der Waals surface area contributed by atoms with Crippen LogP contribution in [0.1, 0.15) is 21.6 Å². The van der Waals surface area contributed by atoms with Gasteiger partial charge in [0, 0.05) is 11.8 Å². The molecule has 8 heteroatoms. The molecule has 0 aliphatic heterocycles. The molecular formula is C21H20ClN3O4. The largest absolute Gasteiger partial charge is 0.482 e. The number of halogens is 1. The number of carbonyl (C=O) groups is 2. The highest BCUT2D eigenvalue weighted by Crippen LogP contribution is 2.24. The standard InChI is InChI=1S/C21H20ClN3O4/c1-14-19(20(22)25(24-14)12-15-7-4-3-5-8-15)21(27)23-16-9-6-10-17(11-16)29-13-18(26)28-2/h3-11H,12-13H2,1-2H3,(H,23,27). The van der Waals surface area contributed by atoms with Crippen LogP contribution >= 0.6 is 11.6 Å². The molecule has 0 saturated carbocycles.